The highest BCUT2D eigenvalue weighted by Gasteiger charge is 2.25. The van der Waals surface area contributed by atoms with Gasteiger partial charge in [0.2, 0.25) is 0 Å². The lowest BCUT2D eigenvalue weighted by atomic mass is 9.99. The van der Waals surface area contributed by atoms with Crippen molar-refractivity contribution >= 4 is 39.5 Å². The van der Waals surface area contributed by atoms with E-state index in [1.807, 2.05) is 29.6 Å². The smallest absolute Gasteiger partial charge is 0.319 e. The van der Waals surface area contributed by atoms with Gasteiger partial charge in [0.25, 0.3) is 5.91 Å². The molecule has 0 saturated carbocycles. The molecule has 4 aromatic rings. The van der Waals surface area contributed by atoms with Gasteiger partial charge in [0, 0.05) is 21.8 Å². The number of carbonyl (C=O) groups is 2. The van der Waals surface area contributed by atoms with Gasteiger partial charge >= 0.3 is 6.03 Å². The number of carbonyl (C=O) groups excluding carboxylic acids is 2. The van der Waals surface area contributed by atoms with Crippen LogP contribution in [0.3, 0.4) is 0 Å². The highest BCUT2D eigenvalue weighted by atomic mass is 79.9. The minimum atomic E-state index is -1.10. The third kappa shape index (κ3) is 4.28. The van der Waals surface area contributed by atoms with Crippen LogP contribution in [0.5, 0.6) is 0 Å². The Morgan fingerprint density at radius 1 is 1.03 bits per heavy atom. The van der Waals surface area contributed by atoms with Crippen molar-refractivity contribution in [2.45, 2.75) is 0 Å². The monoisotopic (exact) mass is 512 g/mol. The molecule has 160 valence electrons. The summed E-state index contributed by atoms with van der Waals surface area (Å²) in [5.74, 6) is -1.84. The molecule has 9 heteroatoms. The third-order valence-corrected chi connectivity index (χ3v) is 5.51. The van der Waals surface area contributed by atoms with Gasteiger partial charge in [-0.15, -0.1) is 0 Å². The second-order valence-corrected chi connectivity index (χ2v) is 8.10. The first-order valence-corrected chi connectivity index (χ1v) is 10.5. The number of halogens is 3. The van der Waals surface area contributed by atoms with Gasteiger partial charge in [-0.3, -0.25) is 10.1 Å². The molecular weight excluding hydrogens is 499 g/mol. The highest BCUT2D eigenvalue weighted by Crippen LogP contribution is 2.37. The molecule has 0 atom stereocenters. The molecule has 0 aliphatic heterocycles. The molecule has 4 rings (SSSR count). The molecule has 0 spiro atoms. The third-order valence-electron chi connectivity index (χ3n) is 4.69. The van der Waals surface area contributed by atoms with E-state index in [1.165, 1.54) is 4.68 Å². The molecule has 3 N–H and O–H groups in total. The van der Waals surface area contributed by atoms with Crippen molar-refractivity contribution in [1.29, 1.82) is 0 Å². The van der Waals surface area contributed by atoms with Gasteiger partial charge in [-0.1, -0.05) is 70.0 Å². The van der Waals surface area contributed by atoms with Gasteiger partial charge in [-0.25, -0.2) is 13.9 Å². The largest absolute Gasteiger partial charge is 0.351 e. The van der Waals surface area contributed by atoms with Gasteiger partial charge in [-0.05, 0) is 29.8 Å². The zero-order chi connectivity index (χ0) is 22.8. The van der Waals surface area contributed by atoms with Crippen LogP contribution in [0.15, 0.2) is 77.4 Å². The Hall–Kier alpha value is -3.49. The lowest BCUT2D eigenvalue weighted by Gasteiger charge is -2.16. The molecular formula is C23H15BrClFN4O2. The van der Waals surface area contributed by atoms with Crippen molar-refractivity contribution in [2.24, 2.45) is 5.73 Å². The van der Waals surface area contributed by atoms with E-state index in [0.29, 0.717) is 11.3 Å². The fraction of sp³-hybridized carbons (Fsp3) is 0. The minimum Gasteiger partial charge on any atom is -0.351 e. The van der Waals surface area contributed by atoms with Crippen molar-refractivity contribution in [3.63, 3.8) is 0 Å². The average Bonchev–Trinajstić information content (AvgIpc) is 3.25. The first-order valence-electron chi connectivity index (χ1n) is 9.35. The maximum absolute atomic E-state index is 15.6. The normalized spacial score (nSPS) is 10.7. The van der Waals surface area contributed by atoms with Crippen LogP contribution in [-0.4, -0.2) is 21.7 Å². The number of hydrogen-bond acceptors (Lipinski definition) is 3. The van der Waals surface area contributed by atoms with Crippen LogP contribution >= 0.6 is 27.5 Å². The summed E-state index contributed by atoms with van der Waals surface area (Å²) in [5, 5.41) is 6.51. The van der Waals surface area contributed by atoms with E-state index in [4.69, 9.17) is 17.3 Å². The van der Waals surface area contributed by atoms with Crippen LogP contribution in [0.4, 0.5) is 9.18 Å². The number of urea groups is 1. The SMILES string of the molecule is NC(=O)NC(=O)c1cc(Cl)c(-n2ccc(-c3ccc(Br)cc3)n2)c(-c2ccccc2)c1F. The summed E-state index contributed by atoms with van der Waals surface area (Å²) in [6, 6.07) is 18.0. The maximum atomic E-state index is 15.6. The Morgan fingerprint density at radius 2 is 1.72 bits per heavy atom. The van der Waals surface area contributed by atoms with E-state index in [1.54, 1.807) is 42.6 Å². The lowest BCUT2D eigenvalue weighted by molar-refractivity contribution is 0.0962. The van der Waals surface area contributed by atoms with E-state index in [0.717, 1.165) is 16.1 Å². The molecule has 0 saturated heterocycles. The molecule has 0 fully saturated rings. The summed E-state index contributed by atoms with van der Waals surface area (Å²) in [4.78, 5) is 23.4. The van der Waals surface area contributed by atoms with E-state index in [2.05, 4.69) is 21.0 Å². The van der Waals surface area contributed by atoms with Crippen molar-refractivity contribution in [3.8, 4) is 28.1 Å². The van der Waals surface area contributed by atoms with E-state index in [-0.39, 0.29) is 16.3 Å². The lowest BCUT2D eigenvalue weighted by Crippen LogP contribution is -2.35. The predicted molar refractivity (Wildman–Crippen MR) is 124 cm³/mol. The molecule has 0 radical (unpaired) electrons. The number of hydrogen-bond donors (Lipinski definition) is 2. The van der Waals surface area contributed by atoms with Crippen LogP contribution in [-0.2, 0) is 0 Å². The van der Waals surface area contributed by atoms with E-state index in [9.17, 15) is 9.59 Å². The first-order chi connectivity index (χ1) is 15.3. The summed E-state index contributed by atoms with van der Waals surface area (Å²) >= 11 is 9.92. The average molecular weight is 514 g/mol. The zero-order valence-electron chi connectivity index (χ0n) is 16.4. The summed E-state index contributed by atoms with van der Waals surface area (Å²) in [6.07, 6.45) is 1.66. The fourth-order valence-electron chi connectivity index (χ4n) is 3.28. The van der Waals surface area contributed by atoms with Crippen LogP contribution < -0.4 is 11.1 Å². The van der Waals surface area contributed by atoms with Crippen LogP contribution in [0.25, 0.3) is 28.1 Å². The van der Waals surface area contributed by atoms with Crippen molar-refractivity contribution in [1.82, 2.24) is 15.1 Å². The molecule has 0 unspecified atom stereocenters. The summed E-state index contributed by atoms with van der Waals surface area (Å²) in [7, 11) is 0. The van der Waals surface area contributed by atoms with Crippen LogP contribution in [0.2, 0.25) is 5.02 Å². The van der Waals surface area contributed by atoms with Gasteiger partial charge < -0.3 is 5.73 Å². The summed E-state index contributed by atoms with van der Waals surface area (Å²) in [5.41, 5.74) is 6.94. The Balaban J connectivity index is 1.91. The maximum Gasteiger partial charge on any atom is 0.319 e. The fourth-order valence-corrected chi connectivity index (χ4v) is 3.83. The van der Waals surface area contributed by atoms with E-state index >= 15 is 4.39 Å². The molecule has 3 amide bonds. The number of rotatable bonds is 4. The molecule has 0 aliphatic carbocycles. The molecule has 0 aliphatic rings. The quantitative estimate of drug-likeness (QED) is 0.374. The molecule has 6 nitrogen and oxygen atoms in total. The Labute approximate surface area is 195 Å². The Kier molecular flexibility index (Phi) is 6.07. The number of nitrogens with one attached hydrogen (secondary N) is 1. The molecule has 0 bridgehead atoms. The van der Waals surface area contributed by atoms with Gasteiger partial charge in [0.05, 0.1) is 22.0 Å². The number of aromatic nitrogens is 2. The van der Waals surface area contributed by atoms with Gasteiger partial charge in [0.1, 0.15) is 5.82 Å². The van der Waals surface area contributed by atoms with Gasteiger partial charge in [0.15, 0.2) is 0 Å². The van der Waals surface area contributed by atoms with E-state index < -0.39 is 23.3 Å². The predicted octanol–water partition coefficient (Wildman–Crippen LogP) is 5.57. The Morgan fingerprint density at radius 3 is 2.38 bits per heavy atom. The second kappa shape index (κ2) is 8.94. The molecule has 1 aromatic heterocycles. The number of nitrogens with two attached hydrogens (primary N) is 1. The minimum absolute atomic E-state index is 0.0678. The standard InChI is InChI=1S/C23H15BrClFN4O2/c24-15-8-6-13(7-9-15)18-10-11-30(29-18)21-17(25)12-16(22(31)28-23(27)32)20(26)19(21)14-4-2-1-3-5-14/h1-12H,(H3,27,28,31,32). The van der Waals surface area contributed by atoms with Crippen LogP contribution in [0, 0.1) is 5.82 Å². The molecule has 3 aromatic carbocycles. The number of nitrogens with zero attached hydrogens (tertiary/aromatic N) is 2. The second-order valence-electron chi connectivity index (χ2n) is 6.78. The molecule has 1 heterocycles. The highest BCUT2D eigenvalue weighted by molar-refractivity contribution is 9.10. The molecule has 32 heavy (non-hydrogen) atoms. The number of amides is 3. The van der Waals surface area contributed by atoms with Crippen LogP contribution in [0.1, 0.15) is 10.4 Å². The number of benzene rings is 3. The van der Waals surface area contributed by atoms with Crippen molar-refractivity contribution in [2.75, 3.05) is 0 Å². The summed E-state index contributed by atoms with van der Waals surface area (Å²) < 4.78 is 18.0. The van der Waals surface area contributed by atoms with Crippen molar-refractivity contribution in [3.05, 3.63) is 93.8 Å². The number of primary amides is 1. The van der Waals surface area contributed by atoms with Gasteiger partial charge in [-0.2, -0.15) is 5.10 Å². The zero-order valence-corrected chi connectivity index (χ0v) is 18.7. The van der Waals surface area contributed by atoms with Crippen molar-refractivity contribution < 1.29 is 14.0 Å². The topological polar surface area (TPSA) is 90.0 Å². The Bertz CT molecular complexity index is 1320. The number of imide groups is 1. The first kappa shape index (κ1) is 21.7. The summed E-state index contributed by atoms with van der Waals surface area (Å²) in [6.45, 7) is 0.